The van der Waals surface area contributed by atoms with Crippen molar-refractivity contribution in [3.63, 3.8) is 0 Å². The minimum Gasteiger partial charge on any atom is -0.480 e. The number of rotatable bonds is 7. The average Bonchev–Trinajstić information content (AvgIpc) is 2.44. The van der Waals surface area contributed by atoms with Crippen LogP contribution in [0.25, 0.3) is 0 Å². The van der Waals surface area contributed by atoms with Gasteiger partial charge in [-0.25, -0.2) is 4.79 Å². The van der Waals surface area contributed by atoms with E-state index in [1.54, 1.807) is 0 Å². The van der Waals surface area contributed by atoms with Crippen molar-refractivity contribution in [1.82, 2.24) is 15.1 Å². The van der Waals surface area contributed by atoms with Gasteiger partial charge in [0.2, 0.25) is 0 Å². The summed E-state index contributed by atoms with van der Waals surface area (Å²) in [7, 11) is 3.97. The summed E-state index contributed by atoms with van der Waals surface area (Å²) in [5.74, 6) is -0.835. The number of hydrogen-bond acceptors (Lipinski definition) is 5. The molecule has 7 heteroatoms. The van der Waals surface area contributed by atoms with Crippen LogP contribution in [-0.4, -0.2) is 78.4 Å². The van der Waals surface area contributed by atoms with E-state index >= 15 is 0 Å². The summed E-state index contributed by atoms with van der Waals surface area (Å²) >= 11 is 0. The van der Waals surface area contributed by atoms with Gasteiger partial charge in [-0.1, -0.05) is 0 Å². The van der Waals surface area contributed by atoms with Crippen LogP contribution >= 0.6 is 0 Å². The third-order valence-electron chi connectivity index (χ3n) is 4.10. The first kappa shape index (κ1) is 20.7. The topological polar surface area (TPSA) is 82.1 Å². The van der Waals surface area contributed by atoms with Crippen LogP contribution in [0.3, 0.4) is 0 Å². The molecule has 0 atom stereocenters. The molecule has 140 valence electrons. The van der Waals surface area contributed by atoms with E-state index in [4.69, 9.17) is 9.84 Å². The van der Waals surface area contributed by atoms with Gasteiger partial charge < -0.3 is 25.0 Å². The number of carboxylic acid groups (broad SMARTS) is 1. The monoisotopic (exact) mass is 343 g/mol. The van der Waals surface area contributed by atoms with Crippen LogP contribution in [0.2, 0.25) is 0 Å². The van der Waals surface area contributed by atoms with Gasteiger partial charge in [-0.2, -0.15) is 0 Å². The maximum Gasteiger partial charge on any atom is 0.410 e. The molecule has 0 aliphatic heterocycles. The number of carbonyl (C=O) groups excluding carboxylic acids is 1. The average molecular weight is 343 g/mol. The number of nitrogens with zero attached hydrogens (tertiary/aromatic N) is 2. The Kier molecular flexibility index (Phi) is 7.96. The molecule has 1 aliphatic carbocycles. The van der Waals surface area contributed by atoms with Crippen molar-refractivity contribution >= 4 is 12.1 Å². The van der Waals surface area contributed by atoms with Crippen molar-refractivity contribution in [3.05, 3.63) is 0 Å². The third kappa shape index (κ3) is 7.97. The Morgan fingerprint density at radius 3 is 2.17 bits per heavy atom. The molecular weight excluding hydrogens is 310 g/mol. The normalized spacial score (nSPS) is 21.6. The van der Waals surface area contributed by atoms with Gasteiger partial charge in [-0.15, -0.1) is 0 Å². The van der Waals surface area contributed by atoms with E-state index in [9.17, 15) is 9.59 Å². The molecule has 0 aromatic carbocycles. The Morgan fingerprint density at radius 1 is 1.12 bits per heavy atom. The van der Waals surface area contributed by atoms with Gasteiger partial charge in [0.25, 0.3) is 0 Å². The van der Waals surface area contributed by atoms with Crippen molar-refractivity contribution in [2.45, 2.75) is 64.1 Å². The molecule has 0 aromatic heterocycles. The zero-order valence-corrected chi connectivity index (χ0v) is 15.7. The Balaban J connectivity index is 2.61. The lowest BCUT2D eigenvalue weighted by atomic mass is 9.90. The summed E-state index contributed by atoms with van der Waals surface area (Å²) in [6, 6.07) is 0.370. The quantitative estimate of drug-likeness (QED) is 0.733. The first-order valence-electron chi connectivity index (χ1n) is 8.68. The molecule has 0 unspecified atom stereocenters. The molecule has 1 saturated carbocycles. The Hall–Kier alpha value is -1.34. The number of nitrogens with one attached hydrogen (secondary N) is 1. The zero-order valence-electron chi connectivity index (χ0n) is 15.7. The van der Waals surface area contributed by atoms with E-state index in [-0.39, 0.29) is 24.7 Å². The highest BCUT2D eigenvalue weighted by atomic mass is 16.6. The van der Waals surface area contributed by atoms with Gasteiger partial charge in [-0.05, 0) is 60.5 Å². The molecule has 24 heavy (non-hydrogen) atoms. The lowest BCUT2D eigenvalue weighted by Gasteiger charge is -2.38. The second-order valence-electron chi connectivity index (χ2n) is 7.76. The molecule has 0 aromatic rings. The van der Waals surface area contributed by atoms with Crippen LogP contribution < -0.4 is 5.32 Å². The summed E-state index contributed by atoms with van der Waals surface area (Å²) in [4.78, 5) is 27.1. The second kappa shape index (κ2) is 9.22. The van der Waals surface area contributed by atoms with E-state index in [1.807, 2.05) is 39.8 Å². The number of ether oxygens (including phenoxy) is 1. The van der Waals surface area contributed by atoms with Gasteiger partial charge in [0.1, 0.15) is 5.60 Å². The van der Waals surface area contributed by atoms with E-state index < -0.39 is 11.6 Å². The van der Waals surface area contributed by atoms with E-state index in [2.05, 4.69) is 10.2 Å². The fourth-order valence-corrected chi connectivity index (χ4v) is 2.87. The number of carbonyl (C=O) groups is 2. The number of likely N-dealkylation sites (N-methyl/N-ethyl adjacent to an activating group) is 1. The molecule has 7 nitrogen and oxygen atoms in total. The molecule has 1 aliphatic rings. The van der Waals surface area contributed by atoms with Crippen molar-refractivity contribution in [2.24, 2.45) is 0 Å². The Morgan fingerprint density at radius 2 is 1.71 bits per heavy atom. The van der Waals surface area contributed by atoms with Crippen molar-refractivity contribution in [2.75, 3.05) is 33.7 Å². The predicted octanol–water partition coefficient (Wildman–Crippen LogP) is 1.77. The molecule has 0 bridgehead atoms. The fourth-order valence-electron chi connectivity index (χ4n) is 2.87. The molecule has 2 N–H and O–H groups in total. The summed E-state index contributed by atoms with van der Waals surface area (Å²) in [6.07, 6.45) is 3.22. The van der Waals surface area contributed by atoms with Crippen molar-refractivity contribution in [3.8, 4) is 0 Å². The molecule has 1 rings (SSSR count). The van der Waals surface area contributed by atoms with Gasteiger partial charge in [0, 0.05) is 25.2 Å². The van der Waals surface area contributed by atoms with Gasteiger partial charge >= 0.3 is 12.1 Å². The molecule has 0 heterocycles. The minimum atomic E-state index is -0.835. The van der Waals surface area contributed by atoms with Gasteiger partial charge in [0.15, 0.2) is 0 Å². The first-order valence-corrected chi connectivity index (χ1v) is 8.68. The van der Waals surface area contributed by atoms with E-state index in [0.29, 0.717) is 6.54 Å². The standard InChI is InChI=1S/C17H33N3O4/c1-17(2,3)24-16(23)20(11-10-19(4)5)14-8-6-13(7-9-14)18-12-15(21)22/h13-14,18H,6-12H2,1-5H3,(H,21,22). The van der Waals surface area contributed by atoms with Crippen LogP contribution in [0.5, 0.6) is 0 Å². The third-order valence-corrected chi connectivity index (χ3v) is 4.10. The molecule has 0 spiro atoms. The lowest BCUT2D eigenvalue weighted by Crippen LogP contribution is -2.49. The number of hydrogen-bond donors (Lipinski definition) is 2. The summed E-state index contributed by atoms with van der Waals surface area (Å²) in [5.41, 5.74) is -0.506. The molecule has 0 radical (unpaired) electrons. The molecule has 0 saturated heterocycles. The van der Waals surface area contributed by atoms with Gasteiger partial charge in [0.05, 0.1) is 6.54 Å². The summed E-state index contributed by atoms with van der Waals surface area (Å²) in [5, 5.41) is 11.8. The van der Waals surface area contributed by atoms with Crippen molar-refractivity contribution < 1.29 is 19.4 Å². The van der Waals surface area contributed by atoms with Crippen LogP contribution in [0, 0.1) is 0 Å². The first-order chi connectivity index (χ1) is 11.1. The van der Waals surface area contributed by atoms with Crippen LogP contribution in [0.1, 0.15) is 46.5 Å². The fraction of sp³-hybridized carbons (Fsp3) is 0.882. The van der Waals surface area contributed by atoms with Crippen LogP contribution in [-0.2, 0) is 9.53 Å². The second-order valence-corrected chi connectivity index (χ2v) is 7.76. The molecule has 1 fully saturated rings. The van der Waals surface area contributed by atoms with E-state index in [0.717, 1.165) is 32.2 Å². The molecular formula is C17H33N3O4. The summed E-state index contributed by atoms with van der Waals surface area (Å²) < 4.78 is 5.57. The lowest BCUT2D eigenvalue weighted by molar-refractivity contribution is -0.136. The SMILES string of the molecule is CN(C)CCN(C(=O)OC(C)(C)C)C1CCC(NCC(=O)O)CC1. The number of carboxylic acids is 1. The highest BCUT2D eigenvalue weighted by Crippen LogP contribution is 2.25. The zero-order chi connectivity index (χ0) is 18.3. The highest BCUT2D eigenvalue weighted by Gasteiger charge is 2.31. The van der Waals surface area contributed by atoms with Crippen LogP contribution in [0.4, 0.5) is 4.79 Å². The van der Waals surface area contributed by atoms with Gasteiger partial charge in [-0.3, -0.25) is 4.79 Å². The van der Waals surface area contributed by atoms with Crippen LogP contribution in [0.15, 0.2) is 0 Å². The Bertz CT molecular complexity index is 413. The number of aliphatic carboxylic acids is 1. The number of amides is 1. The minimum absolute atomic E-state index is 0.00819. The maximum absolute atomic E-state index is 12.6. The predicted molar refractivity (Wildman–Crippen MR) is 93.2 cm³/mol. The van der Waals surface area contributed by atoms with E-state index in [1.165, 1.54) is 0 Å². The Labute approximate surface area is 145 Å². The largest absolute Gasteiger partial charge is 0.480 e. The highest BCUT2D eigenvalue weighted by molar-refractivity contribution is 5.69. The van der Waals surface area contributed by atoms with Crippen molar-refractivity contribution in [1.29, 1.82) is 0 Å². The molecule has 1 amide bonds. The smallest absolute Gasteiger partial charge is 0.410 e. The maximum atomic E-state index is 12.6. The summed E-state index contributed by atoms with van der Waals surface area (Å²) in [6.45, 7) is 7.05.